The van der Waals surface area contributed by atoms with Gasteiger partial charge in [-0.2, -0.15) is 5.10 Å². The van der Waals surface area contributed by atoms with Crippen molar-refractivity contribution in [2.24, 2.45) is 7.05 Å². The zero-order valence-corrected chi connectivity index (χ0v) is 12.6. The van der Waals surface area contributed by atoms with Crippen LogP contribution in [0.3, 0.4) is 0 Å². The summed E-state index contributed by atoms with van der Waals surface area (Å²) in [6.07, 6.45) is 2.09. The SMILES string of the molecule is Cc1nn(C)c2nc(C3CC3)cc(C(=O)NCCC(=O)O)c12. The fourth-order valence-corrected chi connectivity index (χ4v) is 2.61. The third-order valence-electron chi connectivity index (χ3n) is 3.85. The predicted molar refractivity (Wildman–Crippen MR) is 79.8 cm³/mol. The number of pyridine rings is 1. The van der Waals surface area contributed by atoms with Gasteiger partial charge in [0.25, 0.3) is 5.91 Å². The van der Waals surface area contributed by atoms with Crippen molar-refractivity contribution in [3.05, 3.63) is 23.0 Å². The van der Waals surface area contributed by atoms with Crippen LogP contribution in [0.25, 0.3) is 11.0 Å². The molecule has 0 spiro atoms. The van der Waals surface area contributed by atoms with Crippen LogP contribution in [0.4, 0.5) is 0 Å². The van der Waals surface area contributed by atoms with Crippen molar-refractivity contribution < 1.29 is 14.7 Å². The van der Waals surface area contributed by atoms with Crippen molar-refractivity contribution in [1.29, 1.82) is 0 Å². The molecule has 3 rings (SSSR count). The lowest BCUT2D eigenvalue weighted by molar-refractivity contribution is -0.136. The minimum absolute atomic E-state index is 0.0958. The first-order valence-corrected chi connectivity index (χ1v) is 7.31. The Morgan fingerprint density at radius 2 is 2.18 bits per heavy atom. The van der Waals surface area contributed by atoms with E-state index in [9.17, 15) is 9.59 Å². The molecule has 1 amide bonds. The van der Waals surface area contributed by atoms with Gasteiger partial charge in [-0.25, -0.2) is 4.98 Å². The number of nitrogens with one attached hydrogen (secondary N) is 1. The monoisotopic (exact) mass is 302 g/mol. The van der Waals surface area contributed by atoms with Gasteiger partial charge < -0.3 is 10.4 Å². The van der Waals surface area contributed by atoms with E-state index in [-0.39, 0.29) is 18.9 Å². The smallest absolute Gasteiger partial charge is 0.305 e. The average Bonchev–Trinajstić information content (AvgIpc) is 3.25. The van der Waals surface area contributed by atoms with E-state index in [4.69, 9.17) is 5.11 Å². The van der Waals surface area contributed by atoms with Crippen LogP contribution >= 0.6 is 0 Å². The predicted octanol–water partition coefficient (Wildman–Crippen LogP) is 1.36. The highest BCUT2D eigenvalue weighted by atomic mass is 16.4. The highest BCUT2D eigenvalue weighted by molar-refractivity contribution is 6.06. The molecule has 0 unspecified atom stereocenters. The maximum absolute atomic E-state index is 12.4. The van der Waals surface area contributed by atoms with Gasteiger partial charge in [-0.3, -0.25) is 14.3 Å². The van der Waals surface area contributed by atoms with Gasteiger partial charge in [-0.15, -0.1) is 0 Å². The molecule has 0 saturated heterocycles. The number of carboxylic acids is 1. The van der Waals surface area contributed by atoms with E-state index in [0.29, 0.717) is 17.1 Å². The molecule has 0 bridgehead atoms. The first-order valence-electron chi connectivity index (χ1n) is 7.31. The first-order chi connectivity index (χ1) is 10.5. The van der Waals surface area contributed by atoms with E-state index >= 15 is 0 Å². The standard InChI is InChI=1S/C15H18N4O3/c1-8-13-10(15(22)16-6-5-12(20)21)7-11(9-3-4-9)17-14(13)19(2)18-8/h7,9H,3-6H2,1-2H3,(H,16,22)(H,20,21). The molecule has 1 saturated carbocycles. The molecule has 22 heavy (non-hydrogen) atoms. The quantitative estimate of drug-likeness (QED) is 0.869. The summed E-state index contributed by atoms with van der Waals surface area (Å²) in [4.78, 5) is 27.6. The lowest BCUT2D eigenvalue weighted by Crippen LogP contribution is -2.26. The number of amides is 1. The zero-order valence-electron chi connectivity index (χ0n) is 12.6. The first kappa shape index (κ1) is 14.5. The van der Waals surface area contributed by atoms with Gasteiger partial charge in [-0.1, -0.05) is 0 Å². The number of carboxylic acid groups (broad SMARTS) is 1. The molecule has 2 N–H and O–H groups in total. The summed E-state index contributed by atoms with van der Waals surface area (Å²) >= 11 is 0. The second-order valence-corrected chi connectivity index (χ2v) is 5.68. The van der Waals surface area contributed by atoms with E-state index in [1.807, 2.05) is 20.0 Å². The largest absolute Gasteiger partial charge is 0.481 e. The Balaban J connectivity index is 1.99. The van der Waals surface area contributed by atoms with Gasteiger partial charge in [-0.05, 0) is 25.8 Å². The molecule has 7 nitrogen and oxygen atoms in total. The fourth-order valence-electron chi connectivity index (χ4n) is 2.61. The summed E-state index contributed by atoms with van der Waals surface area (Å²) < 4.78 is 1.69. The number of carbonyl (C=O) groups is 2. The van der Waals surface area contributed by atoms with Crippen LogP contribution in [0, 0.1) is 6.92 Å². The van der Waals surface area contributed by atoms with Gasteiger partial charge in [0.2, 0.25) is 0 Å². The molecule has 2 aromatic rings. The topological polar surface area (TPSA) is 97.1 Å². The van der Waals surface area contributed by atoms with E-state index in [1.165, 1.54) is 0 Å². The minimum Gasteiger partial charge on any atom is -0.481 e. The van der Waals surface area contributed by atoms with Crippen LogP contribution in [0.5, 0.6) is 0 Å². The lowest BCUT2D eigenvalue weighted by atomic mass is 10.1. The average molecular weight is 302 g/mol. The molecular formula is C15H18N4O3. The van der Waals surface area contributed by atoms with Crippen LogP contribution in [-0.2, 0) is 11.8 Å². The van der Waals surface area contributed by atoms with Gasteiger partial charge in [0.05, 0.1) is 23.1 Å². The molecule has 116 valence electrons. The second kappa shape index (κ2) is 5.40. The van der Waals surface area contributed by atoms with Crippen LogP contribution in [0.1, 0.15) is 46.9 Å². The number of hydrogen-bond acceptors (Lipinski definition) is 4. The number of aliphatic carboxylic acids is 1. The maximum Gasteiger partial charge on any atom is 0.305 e. The van der Waals surface area contributed by atoms with Gasteiger partial charge in [0, 0.05) is 25.2 Å². The Morgan fingerprint density at radius 1 is 1.45 bits per heavy atom. The molecule has 1 fully saturated rings. The Bertz CT molecular complexity index is 762. The normalized spacial score (nSPS) is 14.3. The number of nitrogens with zero attached hydrogens (tertiary/aromatic N) is 3. The van der Waals surface area contributed by atoms with Crippen molar-refractivity contribution in [3.8, 4) is 0 Å². The Morgan fingerprint density at radius 3 is 2.82 bits per heavy atom. The number of carbonyl (C=O) groups excluding carboxylic acids is 1. The van der Waals surface area contributed by atoms with Crippen LogP contribution in [0.2, 0.25) is 0 Å². The number of aromatic nitrogens is 3. The molecule has 2 aromatic heterocycles. The molecular weight excluding hydrogens is 284 g/mol. The Labute approximate surface area is 127 Å². The zero-order chi connectivity index (χ0) is 15.9. The van der Waals surface area contributed by atoms with E-state index < -0.39 is 5.97 Å². The molecule has 0 aliphatic heterocycles. The molecule has 0 radical (unpaired) electrons. The third kappa shape index (κ3) is 2.66. The van der Waals surface area contributed by atoms with Gasteiger partial charge >= 0.3 is 5.97 Å². The Kier molecular flexibility index (Phi) is 3.56. The van der Waals surface area contributed by atoms with Crippen molar-refractivity contribution >= 4 is 22.9 Å². The summed E-state index contributed by atoms with van der Waals surface area (Å²) in [5.41, 5.74) is 2.89. The Hall–Kier alpha value is -2.44. The van der Waals surface area contributed by atoms with E-state index in [1.54, 1.807) is 4.68 Å². The summed E-state index contributed by atoms with van der Waals surface area (Å²) in [5.74, 6) is -0.784. The van der Waals surface area contributed by atoms with Gasteiger partial charge in [0.1, 0.15) is 0 Å². The van der Waals surface area contributed by atoms with Crippen LogP contribution in [0.15, 0.2) is 6.07 Å². The molecule has 2 heterocycles. The van der Waals surface area contributed by atoms with Crippen LogP contribution in [-0.4, -0.2) is 38.3 Å². The summed E-state index contributed by atoms with van der Waals surface area (Å²) in [5, 5.41) is 16.4. The van der Waals surface area contributed by atoms with Crippen LogP contribution < -0.4 is 5.32 Å². The molecule has 1 aliphatic rings. The van der Waals surface area contributed by atoms with Crippen molar-refractivity contribution in [2.75, 3.05) is 6.54 Å². The van der Waals surface area contributed by atoms with Crippen molar-refractivity contribution in [3.63, 3.8) is 0 Å². The van der Waals surface area contributed by atoms with E-state index in [0.717, 1.165) is 29.6 Å². The third-order valence-corrected chi connectivity index (χ3v) is 3.85. The lowest BCUT2D eigenvalue weighted by Gasteiger charge is -2.08. The van der Waals surface area contributed by atoms with Gasteiger partial charge in [0.15, 0.2) is 5.65 Å². The number of aryl methyl sites for hydroxylation is 2. The summed E-state index contributed by atoms with van der Waals surface area (Å²) in [7, 11) is 1.81. The molecule has 0 aromatic carbocycles. The van der Waals surface area contributed by atoms with Crippen molar-refractivity contribution in [2.45, 2.75) is 32.1 Å². The summed E-state index contributed by atoms with van der Waals surface area (Å²) in [6.45, 7) is 1.95. The minimum atomic E-state index is -0.934. The maximum atomic E-state index is 12.4. The highest BCUT2D eigenvalue weighted by Crippen LogP contribution is 2.40. The molecule has 1 aliphatic carbocycles. The fraction of sp³-hybridized carbons (Fsp3) is 0.467. The van der Waals surface area contributed by atoms with Crippen molar-refractivity contribution in [1.82, 2.24) is 20.1 Å². The van der Waals surface area contributed by atoms with E-state index in [2.05, 4.69) is 15.4 Å². The number of rotatable bonds is 5. The second-order valence-electron chi connectivity index (χ2n) is 5.68. The highest BCUT2D eigenvalue weighted by Gasteiger charge is 2.28. The number of fused-ring (bicyclic) bond motifs is 1. The number of hydrogen-bond donors (Lipinski definition) is 2. The molecule has 0 atom stereocenters. The summed E-state index contributed by atoms with van der Waals surface area (Å²) in [6, 6.07) is 1.82. The molecule has 7 heteroatoms.